The number of esters is 2. The van der Waals surface area contributed by atoms with E-state index < -0.39 is 32.5 Å². The Morgan fingerprint density at radius 3 is 1.40 bits per heavy atom. The molecule has 0 aromatic heterocycles. The van der Waals surface area contributed by atoms with Crippen LogP contribution >= 0.6 is 7.82 Å². The van der Waals surface area contributed by atoms with E-state index in [0.29, 0.717) is 12.8 Å². The number of rotatable bonds is 35. The predicted molar refractivity (Wildman–Crippen MR) is 216 cm³/mol. The molecule has 1 unspecified atom stereocenters. The second-order valence-corrected chi connectivity index (χ2v) is 14.1. The number of carbonyl (C=O) groups is 2. The zero-order valence-corrected chi connectivity index (χ0v) is 33.3. The Bertz CT molecular complexity index is 1110. The smallest absolute Gasteiger partial charge is 0.462 e. The van der Waals surface area contributed by atoms with Gasteiger partial charge in [-0.3, -0.25) is 14.1 Å². The summed E-state index contributed by atoms with van der Waals surface area (Å²) in [6, 6.07) is 0. The zero-order chi connectivity index (χ0) is 38.2. The normalized spacial score (nSPS) is 13.4. The average Bonchev–Trinajstić information content (AvgIpc) is 3.11. The van der Waals surface area contributed by atoms with Gasteiger partial charge in [-0.05, 0) is 83.5 Å². The lowest BCUT2D eigenvalue weighted by atomic mass is 10.1. The van der Waals surface area contributed by atoms with Crippen molar-refractivity contribution in [1.29, 1.82) is 0 Å². The fraction of sp³-hybridized carbons (Fsp3) is 0.628. The molecule has 9 heteroatoms. The number of hydrogen-bond acceptors (Lipinski definition) is 6. The van der Waals surface area contributed by atoms with Crippen LogP contribution in [0.4, 0.5) is 0 Å². The maximum atomic E-state index is 12.3. The third kappa shape index (κ3) is 40.0. The first kappa shape index (κ1) is 49.2. The molecular weight excluding hydrogens is 675 g/mol. The summed E-state index contributed by atoms with van der Waals surface area (Å²) < 4.78 is 26.2. The third-order valence-corrected chi connectivity index (χ3v) is 8.39. The molecule has 52 heavy (non-hydrogen) atoms. The number of unbranched alkanes of at least 4 members (excludes halogenated alkanes) is 11. The molecule has 0 aromatic carbocycles. The molecule has 0 heterocycles. The first-order valence-corrected chi connectivity index (χ1v) is 21.4. The van der Waals surface area contributed by atoms with Gasteiger partial charge in [0.1, 0.15) is 6.61 Å². The monoisotopic (exact) mass is 746 g/mol. The Labute approximate surface area is 316 Å². The molecule has 0 amide bonds. The van der Waals surface area contributed by atoms with Crippen molar-refractivity contribution in [2.75, 3.05) is 13.2 Å². The van der Waals surface area contributed by atoms with Gasteiger partial charge >= 0.3 is 19.8 Å². The van der Waals surface area contributed by atoms with Gasteiger partial charge in [-0.1, -0.05) is 144 Å². The topological polar surface area (TPSA) is 119 Å². The van der Waals surface area contributed by atoms with Crippen LogP contribution in [0.15, 0.2) is 85.1 Å². The number of hydrogen-bond donors (Lipinski definition) is 2. The van der Waals surface area contributed by atoms with E-state index in [1.165, 1.54) is 64.2 Å². The lowest BCUT2D eigenvalue weighted by Gasteiger charge is -2.18. The first-order valence-electron chi connectivity index (χ1n) is 19.9. The van der Waals surface area contributed by atoms with E-state index in [2.05, 4.69) is 91.3 Å². The van der Waals surface area contributed by atoms with Crippen molar-refractivity contribution in [3.8, 4) is 0 Å². The lowest BCUT2D eigenvalue weighted by molar-refractivity contribution is -0.161. The molecule has 0 rings (SSSR count). The van der Waals surface area contributed by atoms with Crippen LogP contribution in [0.5, 0.6) is 0 Å². The van der Waals surface area contributed by atoms with E-state index in [1.54, 1.807) is 0 Å². The van der Waals surface area contributed by atoms with E-state index in [-0.39, 0.29) is 19.4 Å². The van der Waals surface area contributed by atoms with Crippen molar-refractivity contribution in [2.24, 2.45) is 0 Å². The number of allylic oxidation sites excluding steroid dienone is 14. The molecule has 0 radical (unpaired) electrons. The van der Waals surface area contributed by atoms with Crippen LogP contribution in [0.25, 0.3) is 0 Å². The van der Waals surface area contributed by atoms with E-state index in [4.69, 9.17) is 19.3 Å². The highest BCUT2D eigenvalue weighted by molar-refractivity contribution is 7.46. The summed E-state index contributed by atoms with van der Waals surface area (Å²) >= 11 is 0. The fourth-order valence-corrected chi connectivity index (χ4v) is 5.27. The van der Waals surface area contributed by atoms with Gasteiger partial charge in [-0.2, -0.15) is 0 Å². The molecule has 0 saturated heterocycles. The SMILES string of the molecule is CCCCC/C=C/C/C=C/C/C=C/C/C=C/C/C=C/CCCCC(=O)OCC(COP(=O)(O)O)OC(=O)CC/C=C/C/C=C/CCCCCCCC. The Hall–Kier alpha value is -2.77. The molecule has 1 atom stereocenters. The highest BCUT2D eigenvalue weighted by Gasteiger charge is 2.22. The summed E-state index contributed by atoms with van der Waals surface area (Å²) in [6.45, 7) is 3.54. The standard InChI is InChI=1S/C43H71O8P/c1-3-5-7-9-11-13-15-17-18-19-20-21-22-23-24-26-27-29-31-33-35-37-42(44)49-39-41(40-50-52(46,47)48)51-43(45)38-36-34-32-30-28-25-16-14-12-10-8-6-4-2/h11,13,17-18,20-21,23-25,27-29,32,34,41H,3-10,12,14-16,19,22,26,30-31,33,35-40H2,1-2H3,(H2,46,47,48)/b13-11+,18-17+,21-20+,24-23+,28-25+,29-27+,34-32+. The lowest BCUT2D eigenvalue weighted by Crippen LogP contribution is -2.29. The van der Waals surface area contributed by atoms with Crippen LogP contribution in [-0.2, 0) is 28.2 Å². The molecule has 8 nitrogen and oxygen atoms in total. The van der Waals surface area contributed by atoms with Crippen LogP contribution in [0, 0.1) is 0 Å². The molecule has 296 valence electrons. The second-order valence-electron chi connectivity index (χ2n) is 12.9. The van der Waals surface area contributed by atoms with Crippen molar-refractivity contribution in [2.45, 2.75) is 161 Å². The van der Waals surface area contributed by atoms with Gasteiger partial charge in [0.25, 0.3) is 0 Å². The molecule has 0 spiro atoms. The van der Waals surface area contributed by atoms with Gasteiger partial charge in [0, 0.05) is 12.8 Å². The van der Waals surface area contributed by atoms with Gasteiger partial charge < -0.3 is 19.3 Å². The molecule has 2 N–H and O–H groups in total. The summed E-state index contributed by atoms with van der Waals surface area (Å²) in [5, 5.41) is 0. The van der Waals surface area contributed by atoms with Crippen LogP contribution in [0.1, 0.15) is 155 Å². The van der Waals surface area contributed by atoms with Gasteiger partial charge in [0.2, 0.25) is 0 Å². The van der Waals surface area contributed by atoms with Gasteiger partial charge in [-0.15, -0.1) is 0 Å². The zero-order valence-electron chi connectivity index (χ0n) is 32.4. The molecule has 0 bridgehead atoms. The minimum atomic E-state index is -4.78. The molecule has 0 saturated carbocycles. The van der Waals surface area contributed by atoms with Gasteiger partial charge in [-0.25, -0.2) is 4.57 Å². The quantitative estimate of drug-likeness (QED) is 0.0285. The van der Waals surface area contributed by atoms with Crippen LogP contribution in [0.3, 0.4) is 0 Å². The number of ether oxygens (including phenoxy) is 2. The van der Waals surface area contributed by atoms with E-state index in [1.807, 2.05) is 12.2 Å². The third-order valence-electron chi connectivity index (χ3n) is 7.90. The summed E-state index contributed by atoms with van der Waals surface area (Å²) in [5.41, 5.74) is 0. The Morgan fingerprint density at radius 2 is 0.904 bits per heavy atom. The largest absolute Gasteiger partial charge is 0.469 e. The predicted octanol–water partition coefficient (Wildman–Crippen LogP) is 12.1. The minimum Gasteiger partial charge on any atom is -0.462 e. The maximum absolute atomic E-state index is 12.3. The number of phosphoric acid groups is 1. The molecule has 0 aliphatic carbocycles. The second kappa shape index (κ2) is 38.0. The highest BCUT2D eigenvalue weighted by atomic mass is 31.2. The Kier molecular flexibility index (Phi) is 35.9. The maximum Gasteiger partial charge on any atom is 0.469 e. The molecular formula is C43H71O8P. The Morgan fingerprint density at radius 1 is 0.500 bits per heavy atom. The molecule has 0 aliphatic heterocycles. The van der Waals surface area contributed by atoms with Crippen molar-refractivity contribution in [1.82, 2.24) is 0 Å². The van der Waals surface area contributed by atoms with Crippen molar-refractivity contribution in [3.05, 3.63) is 85.1 Å². The van der Waals surface area contributed by atoms with Crippen LogP contribution in [-0.4, -0.2) is 41.0 Å². The van der Waals surface area contributed by atoms with E-state index in [9.17, 15) is 14.2 Å². The molecule has 0 aromatic rings. The number of phosphoric ester groups is 1. The average molecular weight is 747 g/mol. The summed E-state index contributed by atoms with van der Waals surface area (Å²) in [7, 11) is -4.78. The Balaban J connectivity index is 4.11. The highest BCUT2D eigenvalue weighted by Crippen LogP contribution is 2.35. The van der Waals surface area contributed by atoms with Crippen LogP contribution < -0.4 is 0 Å². The summed E-state index contributed by atoms with van der Waals surface area (Å²) in [6.07, 6.45) is 50.4. The van der Waals surface area contributed by atoms with Gasteiger partial charge in [0.05, 0.1) is 6.61 Å². The molecule has 0 aliphatic rings. The first-order chi connectivity index (χ1) is 25.3. The van der Waals surface area contributed by atoms with E-state index >= 15 is 0 Å². The summed E-state index contributed by atoms with van der Waals surface area (Å²) in [5.74, 6) is -1.02. The van der Waals surface area contributed by atoms with Crippen molar-refractivity contribution < 1.29 is 37.9 Å². The van der Waals surface area contributed by atoms with Crippen molar-refractivity contribution in [3.63, 3.8) is 0 Å². The summed E-state index contributed by atoms with van der Waals surface area (Å²) in [4.78, 5) is 42.7. The fourth-order valence-electron chi connectivity index (χ4n) is 4.91. The minimum absolute atomic E-state index is 0.0915. The molecule has 0 fully saturated rings. The number of carbonyl (C=O) groups excluding carboxylic acids is 2. The van der Waals surface area contributed by atoms with Gasteiger partial charge in [0.15, 0.2) is 6.10 Å². The van der Waals surface area contributed by atoms with E-state index in [0.717, 1.165) is 51.4 Å². The van der Waals surface area contributed by atoms with Crippen LogP contribution in [0.2, 0.25) is 0 Å². The van der Waals surface area contributed by atoms with Crippen molar-refractivity contribution >= 4 is 19.8 Å².